The van der Waals surface area contributed by atoms with Gasteiger partial charge in [0.2, 0.25) is 0 Å². The van der Waals surface area contributed by atoms with E-state index >= 15 is 0 Å². The molecular weight excluding hydrogens is 398 g/mol. The Bertz CT molecular complexity index is 693. The Morgan fingerprint density at radius 2 is 1.00 bits per heavy atom. The SMILES string of the molecule is CC(C)CCCCCCCCCCCN(CC=Cc1ccccc1)CC=Cc1ccccc1. The first-order valence-electron chi connectivity index (χ1n) is 13.4. The molecule has 2 aromatic rings. The van der Waals surface area contributed by atoms with Crippen LogP contribution in [0, 0.1) is 5.92 Å². The van der Waals surface area contributed by atoms with E-state index in [9.17, 15) is 0 Å². The quantitative estimate of drug-likeness (QED) is 0.207. The van der Waals surface area contributed by atoms with Crippen LogP contribution >= 0.6 is 0 Å². The fraction of sp³-hybridized carbons (Fsp3) is 0.500. The van der Waals surface area contributed by atoms with Gasteiger partial charge in [-0.25, -0.2) is 0 Å². The summed E-state index contributed by atoms with van der Waals surface area (Å²) in [5.74, 6) is 0.868. The summed E-state index contributed by atoms with van der Waals surface area (Å²) in [5, 5.41) is 0. The number of benzene rings is 2. The van der Waals surface area contributed by atoms with Crippen LogP contribution in [0.3, 0.4) is 0 Å². The largest absolute Gasteiger partial charge is 0.296 e. The smallest absolute Gasteiger partial charge is 0.0169 e. The molecule has 0 aliphatic rings. The maximum absolute atomic E-state index is 2.56. The molecule has 0 aromatic heterocycles. The van der Waals surface area contributed by atoms with Crippen LogP contribution in [0.4, 0.5) is 0 Å². The number of nitrogens with zero attached hydrogens (tertiary/aromatic N) is 1. The lowest BCUT2D eigenvalue weighted by Gasteiger charge is -2.19. The summed E-state index contributed by atoms with van der Waals surface area (Å²) in [6.45, 7) is 7.85. The minimum Gasteiger partial charge on any atom is -0.296 e. The zero-order chi connectivity index (χ0) is 23.4. The van der Waals surface area contributed by atoms with Gasteiger partial charge in [-0.15, -0.1) is 0 Å². The van der Waals surface area contributed by atoms with E-state index in [-0.39, 0.29) is 0 Å². The molecule has 0 bridgehead atoms. The van der Waals surface area contributed by atoms with Gasteiger partial charge in [-0.2, -0.15) is 0 Å². The minimum absolute atomic E-state index is 0.868. The highest BCUT2D eigenvalue weighted by atomic mass is 15.1. The molecule has 0 radical (unpaired) electrons. The van der Waals surface area contributed by atoms with Crippen molar-refractivity contribution in [3.8, 4) is 0 Å². The maximum Gasteiger partial charge on any atom is 0.0169 e. The van der Waals surface area contributed by atoms with Gasteiger partial charge in [-0.3, -0.25) is 4.90 Å². The van der Waals surface area contributed by atoms with Crippen molar-refractivity contribution in [1.29, 1.82) is 0 Å². The van der Waals surface area contributed by atoms with Crippen LogP contribution in [-0.2, 0) is 0 Å². The third-order valence-corrected chi connectivity index (χ3v) is 6.20. The number of hydrogen-bond donors (Lipinski definition) is 0. The molecule has 33 heavy (non-hydrogen) atoms. The Morgan fingerprint density at radius 3 is 1.45 bits per heavy atom. The first-order chi connectivity index (χ1) is 16.2. The van der Waals surface area contributed by atoms with Crippen molar-refractivity contribution < 1.29 is 0 Å². The van der Waals surface area contributed by atoms with E-state index < -0.39 is 0 Å². The van der Waals surface area contributed by atoms with Crippen LogP contribution in [0.2, 0.25) is 0 Å². The fourth-order valence-corrected chi connectivity index (χ4v) is 4.19. The van der Waals surface area contributed by atoms with Crippen molar-refractivity contribution in [2.75, 3.05) is 19.6 Å². The van der Waals surface area contributed by atoms with Crippen LogP contribution in [0.5, 0.6) is 0 Å². The normalized spacial score (nSPS) is 12.0. The molecule has 0 aliphatic carbocycles. The lowest BCUT2D eigenvalue weighted by atomic mass is 10.0. The summed E-state index contributed by atoms with van der Waals surface area (Å²) >= 11 is 0. The van der Waals surface area contributed by atoms with Crippen LogP contribution in [0.25, 0.3) is 12.2 Å². The van der Waals surface area contributed by atoms with Gasteiger partial charge in [0.15, 0.2) is 0 Å². The first kappa shape index (κ1) is 27.1. The predicted octanol–water partition coefficient (Wildman–Crippen LogP) is 9.27. The third kappa shape index (κ3) is 14.6. The van der Waals surface area contributed by atoms with Crippen molar-refractivity contribution in [3.63, 3.8) is 0 Å². The molecule has 0 saturated carbocycles. The Balaban J connectivity index is 1.64. The van der Waals surface area contributed by atoms with E-state index in [2.05, 4.69) is 104 Å². The lowest BCUT2D eigenvalue weighted by Crippen LogP contribution is -2.25. The number of unbranched alkanes of at least 4 members (excludes halogenated alkanes) is 8. The minimum atomic E-state index is 0.868. The molecule has 0 N–H and O–H groups in total. The Labute approximate surface area is 204 Å². The topological polar surface area (TPSA) is 3.24 Å². The molecule has 1 nitrogen and oxygen atoms in total. The number of rotatable bonds is 18. The van der Waals surface area contributed by atoms with Crippen molar-refractivity contribution in [1.82, 2.24) is 4.90 Å². The van der Waals surface area contributed by atoms with E-state index in [0.29, 0.717) is 0 Å². The second-order valence-corrected chi connectivity index (χ2v) is 9.75. The zero-order valence-electron chi connectivity index (χ0n) is 21.3. The molecule has 0 unspecified atom stereocenters. The van der Waals surface area contributed by atoms with Gasteiger partial charge in [0.25, 0.3) is 0 Å². The summed E-state index contributed by atoms with van der Waals surface area (Å²) < 4.78 is 0. The molecule has 180 valence electrons. The Hall–Kier alpha value is -2.12. The first-order valence-corrected chi connectivity index (χ1v) is 13.4. The molecule has 0 atom stereocenters. The van der Waals surface area contributed by atoms with E-state index in [1.165, 1.54) is 81.9 Å². The zero-order valence-corrected chi connectivity index (χ0v) is 21.3. The molecule has 2 rings (SSSR count). The van der Waals surface area contributed by atoms with Crippen molar-refractivity contribution >= 4 is 12.2 Å². The second-order valence-electron chi connectivity index (χ2n) is 9.75. The summed E-state index contributed by atoms with van der Waals surface area (Å²) in [5.41, 5.74) is 2.56. The van der Waals surface area contributed by atoms with Crippen LogP contribution in [0.1, 0.15) is 89.2 Å². The number of hydrogen-bond acceptors (Lipinski definition) is 1. The highest BCUT2D eigenvalue weighted by Crippen LogP contribution is 2.13. The summed E-state index contributed by atoms with van der Waals surface area (Å²) in [6.07, 6.45) is 23.1. The summed E-state index contributed by atoms with van der Waals surface area (Å²) in [4.78, 5) is 2.56. The lowest BCUT2D eigenvalue weighted by molar-refractivity contribution is 0.324. The van der Waals surface area contributed by atoms with Gasteiger partial charge in [0.1, 0.15) is 0 Å². The molecule has 2 aromatic carbocycles. The Morgan fingerprint density at radius 1 is 0.576 bits per heavy atom. The molecule has 0 fully saturated rings. The van der Waals surface area contributed by atoms with Gasteiger partial charge in [0, 0.05) is 13.1 Å². The van der Waals surface area contributed by atoms with E-state index in [1.807, 2.05) is 0 Å². The molecule has 0 saturated heterocycles. The van der Waals surface area contributed by atoms with E-state index in [4.69, 9.17) is 0 Å². The Kier molecular flexibility index (Phi) is 15.1. The highest BCUT2D eigenvalue weighted by molar-refractivity contribution is 5.49. The van der Waals surface area contributed by atoms with Gasteiger partial charge in [-0.05, 0) is 30.0 Å². The molecular formula is C32H47N. The van der Waals surface area contributed by atoms with Crippen LogP contribution in [0.15, 0.2) is 72.8 Å². The standard InChI is InChI=1S/C32H47N/c1-30(2)20-12-8-6-4-3-5-7-9-17-27-33(28-18-25-31-21-13-10-14-22-31)29-19-26-32-23-15-11-16-24-32/h10-11,13-16,18-19,21-26,30H,3-9,12,17,20,27-29H2,1-2H3. The highest BCUT2D eigenvalue weighted by Gasteiger charge is 2.01. The van der Waals surface area contributed by atoms with Crippen molar-refractivity contribution in [2.24, 2.45) is 5.92 Å². The van der Waals surface area contributed by atoms with Gasteiger partial charge >= 0.3 is 0 Å². The van der Waals surface area contributed by atoms with Gasteiger partial charge in [-0.1, -0.05) is 157 Å². The van der Waals surface area contributed by atoms with E-state index in [0.717, 1.165) is 19.0 Å². The van der Waals surface area contributed by atoms with Gasteiger partial charge < -0.3 is 0 Å². The molecule has 0 heterocycles. The molecule has 0 aliphatic heterocycles. The van der Waals surface area contributed by atoms with Crippen molar-refractivity contribution in [3.05, 3.63) is 83.9 Å². The van der Waals surface area contributed by atoms with Crippen LogP contribution < -0.4 is 0 Å². The molecule has 1 heteroatoms. The van der Waals surface area contributed by atoms with E-state index in [1.54, 1.807) is 0 Å². The van der Waals surface area contributed by atoms with Crippen LogP contribution in [-0.4, -0.2) is 24.5 Å². The molecule has 0 spiro atoms. The molecule has 0 amide bonds. The van der Waals surface area contributed by atoms with Gasteiger partial charge in [0.05, 0.1) is 0 Å². The third-order valence-electron chi connectivity index (χ3n) is 6.20. The average Bonchev–Trinajstić information content (AvgIpc) is 2.83. The monoisotopic (exact) mass is 445 g/mol. The summed E-state index contributed by atoms with van der Waals surface area (Å²) in [7, 11) is 0. The predicted molar refractivity (Wildman–Crippen MR) is 148 cm³/mol. The average molecular weight is 446 g/mol. The summed E-state index contributed by atoms with van der Waals surface area (Å²) in [6, 6.07) is 21.2. The fourth-order valence-electron chi connectivity index (χ4n) is 4.19. The maximum atomic E-state index is 2.56. The van der Waals surface area contributed by atoms with Crippen molar-refractivity contribution in [2.45, 2.75) is 78.1 Å². The second kappa shape index (κ2) is 18.3.